The number of rotatable bonds is 6. The molecule has 0 aliphatic rings. The summed E-state index contributed by atoms with van der Waals surface area (Å²) in [5.41, 5.74) is 0.835. The van der Waals surface area contributed by atoms with Gasteiger partial charge in [0, 0.05) is 5.56 Å². The third kappa shape index (κ3) is 3.80. The molecule has 0 radical (unpaired) electrons. The molecule has 1 amide bonds. The van der Waals surface area contributed by atoms with Crippen LogP contribution in [0.5, 0.6) is 17.2 Å². The topological polar surface area (TPSA) is 95.7 Å². The summed E-state index contributed by atoms with van der Waals surface area (Å²) in [5.74, 6) is 1.03. The van der Waals surface area contributed by atoms with Crippen LogP contribution in [0, 0.1) is 0 Å². The first-order valence-corrected chi connectivity index (χ1v) is 8.15. The number of nitrogens with one attached hydrogen (secondary N) is 1. The van der Waals surface area contributed by atoms with E-state index in [4.69, 9.17) is 30.2 Å². The number of hydrogen-bond donors (Lipinski definition) is 1. The van der Waals surface area contributed by atoms with E-state index in [2.05, 4.69) is 15.5 Å². The van der Waals surface area contributed by atoms with Crippen molar-refractivity contribution in [3.05, 3.63) is 47.0 Å². The molecule has 0 saturated heterocycles. The Balaban J connectivity index is 1.88. The Morgan fingerprint density at radius 1 is 1.04 bits per heavy atom. The largest absolute Gasteiger partial charge is 0.493 e. The molecule has 0 bridgehead atoms. The van der Waals surface area contributed by atoms with E-state index in [1.165, 1.54) is 21.3 Å². The molecule has 0 aliphatic carbocycles. The zero-order valence-electron chi connectivity index (χ0n) is 14.8. The second-order valence-corrected chi connectivity index (χ2v) is 5.67. The van der Waals surface area contributed by atoms with Gasteiger partial charge in [0.05, 0.1) is 31.9 Å². The number of benzene rings is 2. The minimum Gasteiger partial charge on any atom is -0.493 e. The van der Waals surface area contributed by atoms with E-state index >= 15 is 0 Å². The molecule has 8 nitrogen and oxygen atoms in total. The number of nitrogens with zero attached hydrogens (tertiary/aromatic N) is 2. The van der Waals surface area contributed by atoms with Crippen molar-refractivity contribution in [2.45, 2.75) is 0 Å². The normalized spacial score (nSPS) is 10.4. The van der Waals surface area contributed by atoms with Crippen LogP contribution < -0.4 is 19.5 Å². The zero-order chi connectivity index (χ0) is 19.4. The monoisotopic (exact) mass is 389 g/mol. The van der Waals surface area contributed by atoms with Gasteiger partial charge in [-0.05, 0) is 24.3 Å². The summed E-state index contributed by atoms with van der Waals surface area (Å²) in [5, 5.41) is 10.6. The molecular weight excluding hydrogens is 374 g/mol. The predicted octanol–water partition coefficient (Wildman–Crippen LogP) is 3.67. The highest BCUT2D eigenvalue weighted by Crippen LogP contribution is 2.41. The Hall–Kier alpha value is -3.26. The fourth-order valence-corrected chi connectivity index (χ4v) is 2.63. The van der Waals surface area contributed by atoms with Crippen LogP contribution in [0.2, 0.25) is 5.02 Å². The molecule has 0 spiro atoms. The van der Waals surface area contributed by atoms with Crippen molar-refractivity contribution in [2.24, 2.45) is 0 Å². The summed E-state index contributed by atoms with van der Waals surface area (Å²) >= 11 is 6.01. The number of halogens is 1. The number of carbonyl (C=O) groups excluding carboxylic acids is 1. The lowest BCUT2D eigenvalue weighted by Gasteiger charge is -2.12. The number of ether oxygens (including phenoxy) is 3. The summed E-state index contributed by atoms with van der Waals surface area (Å²) in [7, 11) is 4.52. The highest BCUT2D eigenvalue weighted by atomic mass is 35.5. The fraction of sp³-hybridized carbons (Fsp3) is 0.167. The van der Waals surface area contributed by atoms with Crippen LogP contribution in [0.1, 0.15) is 10.4 Å². The maximum absolute atomic E-state index is 12.3. The van der Waals surface area contributed by atoms with Crippen LogP contribution in [0.3, 0.4) is 0 Å². The number of amides is 1. The van der Waals surface area contributed by atoms with E-state index in [-0.39, 0.29) is 11.9 Å². The van der Waals surface area contributed by atoms with Crippen molar-refractivity contribution in [3.63, 3.8) is 0 Å². The molecule has 9 heteroatoms. The zero-order valence-corrected chi connectivity index (χ0v) is 15.5. The highest BCUT2D eigenvalue weighted by molar-refractivity contribution is 6.34. The Bertz CT molecular complexity index is 948. The first kappa shape index (κ1) is 18.5. The predicted molar refractivity (Wildman–Crippen MR) is 98.8 cm³/mol. The van der Waals surface area contributed by atoms with Crippen molar-refractivity contribution in [1.82, 2.24) is 10.2 Å². The molecule has 1 aromatic heterocycles. The average Bonchev–Trinajstić information content (AvgIpc) is 3.15. The van der Waals surface area contributed by atoms with Gasteiger partial charge in [0.15, 0.2) is 11.5 Å². The molecule has 1 heterocycles. The smallest absolute Gasteiger partial charge is 0.322 e. The maximum Gasteiger partial charge on any atom is 0.322 e. The molecule has 3 rings (SSSR count). The van der Waals surface area contributed by atoms with E-state index in [0.717, 1.165) is 0 Å². The van der Waals surface area contributed by atoms with Crippen LogP contribution in [-0.2, 0) is 0 Å². The SMILES string of the molecule is COc1cc(-c2nnc(NC(=O)c3ccccc3Cl)o2)cc(OC)c1OC. The van der Waals surface area contributed by atoms with Gasteiger partial charge in [0.25, 0.3) is 5.91 Å². The van der Waals surface area contributed by atoms with Crippen LogP contribution >= 0.6 is 11.6 Å². The molecular formula is C18H16ClN3O5. The van der Waals surface area contributed by atoms with Crippen LogP contribution in [0.15, 0.2) is 40.8 Å². The first-order chi connectivity index (χ1) is 13.1. The molecule has 0 fully saturated rings. The molecule has 2 aromatic carbocycles. The molecule has 27 heavy (non-hydrogen) atoms. The van der Waals surface area contributed by atoms with Gasteiger partial charge in [0.1, 0.15) is 0 Å². The number of methoxy groups -OCH3 is 3. The summed E-state index contributed by atoms with van der Waals surface area (Å²) in [4.78, 5) is 12.3. The van der Waals surface area contributed by atoms with Crippen molar-refractivity contribution >= 4 is 23.5 Å². The first-order valence-electron chi connectivity index (χ1n) is 7.77. The van der Waals surface area contributed by atoms with Gasteiger partial charge >= 0.3 is 6.01 Å². The number of hydrogen-bond acceptors (Lipinski definition) is 7. The number of anilines is 1. The Labute approximate surface area is 160 Å². The summed E-state index contributed by atoms with van der Waals surface area (Å²) in [6.45, 7) is 0. The van der Waals surface area contributed by atoms with Crippen molar-refractivity contribution in [2.75, 3.05) is 26.6 Å². The fourth-order valence-electron chi connectivity index (χ4n) is 2.40. The summed E-state index contributed by atoms with van der Waals surface area (Å²) in [6.07, 6.45) is 0. The van der Waals surface area contributed by atoms with E-state index < -0.39 is 5.91 Å². The summed E-state index contributed by atoms with van der Waals surface area (Å²) in [6, 6.07) is 9.90. The maximum atomic E-state index is 12.3. The molecule has 3 aromatic rings. The Morgan fingerprint density at radius 3 is 2.30 bits per heavy atom. The molecule has 0 unspecified atom stereocenters. The van der Waals surface area contributed by atoms with Crippen LogP contribution in [0.25, 0.3) is 11.5 Å². The van der Waals surface area contributed by atoms with Gasteiger partial charge < -0.3 is 18.6 Å². The molecule has 1 N–H and O–H groups in total. The standard InChI is InChI=1S/C18H16ClN3O5/c1-24-13-8-10(9-14(25-2)15(13)26-3)17-21-22-18(27-17)20-16(23)11-6-4-5-7-12(11)19/h4-9H,1-3H3,(H,20,22,23). The molecule has 140 valence electrons. The van der Waals surface area contributed by atoms with Gasteiger partial charge in [-0.1, -0.05) is 28.8 Å². The molecule has 0 aliphatic heterocycles. The van der Waals surface area contributed by atoms with E-state index in [1.807, 2.05) is 0 Å². The Morgan fingerprint density at radius 2 is 1.70 bits per heavy atom. The lowest BCUT2D eigenvalue weighted by molar-refractivity contribution is 0.102. The van der Waals surface area contributed by atoms with Gasteiger partial charge in [-0.15, -0.1) is 5.10 Å². The minimum atomic E-state index is -0.458. The quantitative estimate of drug-likeness (QED) is 0.687. The van der Waals surface area contributed by atoms with E-state index in [9.17, 15) is 4.79 Å². The second kappa shape index (κ2) is 7.96. The Kier molecular flexibility index (Phi) is 5.46. The molecule has 0 atom stereocenters. The van der Waals surface area contributed by atoms with Crippen LogP contribution in [0.4, 0.5) is 6.01 Å². The lowest BCUT2D eigenvalue weighted by Crippen LogP contribution is -2.12. The van der Waals surface area contributed by atoms with Crippen molar-refractivity contribution < 1.29 is 23.4 Å². The third-order valence-electron chi connectivity index (χ3n) is 3.68. The second-order valence-electron chi connectivity index (χ2n) is 5.26. The van der Waals surface area contributed by atoms with Crippen molar-refractivity contribution in [1.29, 1.82) is 0 Å². The van der Waals surface area contributed by atoms with Crippen LogP contribution in [-0.4, -0.2) is 37.4 Å². The highest BCUT2D eigenvalue weighted by Gasteiger charge is 2.19. The minimum absolute atomic E-state index is 0.0660. The van der Waals surface area contributed by atoms with Gasteiger partial charge in [-0.25, -0.2) is 0 Å². The van der Waals surface area contributed by atoms with E-state index in [1.54, 1.807) is 36.4 Å². The summed E-state index contributed by atoms with van der Waals surface area (Å²) < 4.78 is 21.4. The number of carbonyl (C=O) groups is 1. The van der Waals surface area contributed by atoms with Gasteiger partial charge in [-0.2, -0.15) is 0 Å². The van der Waals surface area contributed by atoms with Gasteiger partial charge in [0.2, 0.25) is 11.6 Å². The third-order valence-corrected chi connectivity index (χ3v) is 4.01. The van der Waals surface area contributed by atoms with Gasteiger partial charge in [-0.3, -0.25) is 10.1 Å². The average molecular weight is 390 g/mol. The number of aromatic nitrogens is 2. The van der Waals surface area contributed by atoms with Crippen molar-refractivity contribution in [3.8, 4) is 28.7 Å². The lowest BCUT2D eigenvalue weighted by atomic mass is 10.2. The van der Waals surface area contributed by atoms with E-state index in [0.29, 0.717) is 33.4 Å². The molecule has 0 saturated carbocycles.